The van der Waals surface area contributed by atoms with E-state index in [-0.39, 0.29) is 5.41 Å². The number of hydrogen-bond acceptors (Lipinski definition) is 1. The first-order valence-electron chi connectivity index (χ1n) is 6.00. The molecule has 0 radical (unpaired) electrons. The van der Waals surface area contributed by atoms with E-state index < -0.39 is 0 Å². The third-order valence-electron chi connectivity index (χ3n) is 3.67. The predicted molar refractivity (Wildman–Crippen MR) is 70.0 cm³/mol. The SMILES string of the molecule is CCc1cc(CC(C)(CCl)C(C)C)n(C)n1. The summed E-state index contributed by atoms with van der Waals surface area (Å²) < 4.78 is 1.99. The fraction of sp³-hybridized carbons (Fsp3) is 0.769. The summed E-state index contributed by atoms with van der Waals surface area (Å²) in [5, 5.41) is 4.48. The molecular weight excluding hydrogens is 220 g/mol. The molecule has 92 valence electrons. The van der Waals surface area contributed by atoms with Crippen LogP contribution in [0.2, 0.25) is 0 Å². The molecule has 3 heteroatoms. The van der Waals surface area contributed by atoms with E-state index in [0.717, 1.165) is 18.5 Å². The van der Waals surface area contributed by atoms with Crippen LogP contribution in [-0.2, 0) is 19.9 Å². The first-order valence-corrected chi connectivity index (χ1v) is 6.54. The van der Waals surface area contributed by atoms with E-state index in [2.05, 4.69) is 38.9 Å². The first-order chi connectivity index (χ1) is 7.42. The lowest BCUT2D eigenvalue weighted by Crippen LogP contribution is -2.29. The standard InChI is InChI=1S/C13H23ClN2/c1-6-11-7-12(16(5)15-11)8-13(4,9-14)10(2)3/h7,10H,6,8-9H2,1-5H3. The molecule has 0 saturated carbocycles. The summed E-state index contributed by atoms with van der Waals surface area (Å²) in [4.78, 5) is 0. The summed E-state index contributed by atoms with van der Waals surface area (Å²) in [6, 6.07) is 2.20. The molecule has 16 heavy (non-hydrogen) atoms. The third kappa shape index (κ3) is 2.79. The highest BCUT2D eigenvalue weighted by Gasteiger charge is 2.29. The minimum atomic E-state index is 0.153. The van der Waals surface area contributed by atoms with Crippen LogP contribution in [0, 0.1) is 11.3 Å². The Morgan fingerprint density at radius 1 is 1.50 bits per heavy atom. The van der Waals surface area contributed by atoms with Crippen LogP contribution in [0.4, 0.5) is 0 Å². The zero-order valence-corrected chi connectivity index (χ0v) is 11.8. The second kappa shape index (κ2) is 5.22. The molecule has 1 unspecified atom stereocenters. The molecule has 0 aliphatic rings. The van der Waals surface area contributed by atoms with Crippen LogP contribution in [0.3, 0.4) is 0 Å². The number of rotatable bonds is 5. The number of alkyl halides is 1. The summed E-state index contributed by atoms with van der Waals surface area (Å²) >= 11 is 6.12. The molecule has 1 atom stereocenters. The van der Waals surface area contributed by atoms with Crippen molar-refractivity contribution in [1.29, 1.82) is 0 Å². The lowest BCUT2D eigenvalue weighted by molar-refractivity contribution is 0.248. The van der Waals surface area contributed by atoms with Crippen molar-refractivity contribution in [1.82, 2.24) is 9.78 Å². The van der Waals surface area contributed by atoms with E-state index in [1.54, 1.807) is 0 Å². The zero-order chi connectivity index (χ0) is 12.3. The Morgan fingerprint density at radius 3 is 2.50 bits per heavy atom. The Kier molecular flexibility index (Phi) is 4.43. The predicted octanol–water partition coefficient (Wildman–Crippen LogP) is 3.43. The molecule has 0 amide bonds. The van der Waals surface area contributed by atoms with Gasteiger partial charge < -0.3 is 0 Å². The van der Waals surface area contributed by atoms with E-state index in [1.807, 2.05) is 11.7 Å². The Bertz CT molecular complexity index is 344. The topological polar surface area (TPSA) is 17.8 Å². The van der Waals surface area contributed by atoms with Crippen LogP contribution in [0.5, 0.6) is 0 Å². The fourth-order valence-electron chi connectivity index (χ4n) is 1.73. The number of hydrogen-bond donors (Lipinski definition) is 0. The van der Waals surface area contributed by atoms with E-state index in [9.17, 15) is 0 Å². The molecule has 0 fully saturated rings. The maximum atomic E-state index is 6.12. The van der Waals surface area contributed by atoms with Crippen LogP contribution in [0.1, 0.15) is 39.1 Å². The molecular formula is C13H23ClN2. The van der Waals surface area contributed by atoms with Gasteiger partial charge in [-0.25, -0.2) is 0 Å². The molecule has 0 aromatic carbocycles. The molecule has 1 aromatic heterocycles. The molecule has 0 aliphatic heterocycles. The summed E-state index contributed by atoms with van der Waals surface area (Å²) in [6.07, 6.45) is 1.99. The van der Waals surface area contributed by atoms with Crippen LogP contribution < -0.4 is 0 Å². The smallest absolute Gasteiger partial charge is 0.0624 e. The lowest BCUT2D eigenvalue weighted by atomic mass is 9.77. The molecule has 1 rings (SSSR count). The molecule has 0 N–H and O–H groups in total. The monoisotopic (exact) mass is 242 g/mol. The maximum absolute atomic E-state index is 6.12. The maximum Gasteiger partial charge on any atom is 0.0624 e. The van der Waals surface area contributed by atoms with Crippen LogP contribution in [0.25, 0.3) is 0 Å². The second-order valence-corrected chi connectivity index (χ2v) is 5.49. The van der Waals surface area contributed by atoms with Gasteiger partial charge in [-0.1, -0.05) is 27.7 Å². The highest BCUT2D eigenvalue weighted by Crippen LogP contribution is 2.32. The number of aryl methyl sites for hydroxylation is 2. The van der Waals surface area contributed by atoms with Crippen LogP contribution >= 0.6 is 11.6 Å². The Morgan fingerprint density at radius 2 is 2.12 bits per heavy atom. The van der Waals surface area contributed by atoms with Gasteiger partial charge in [0.2, 0.25) is 0 Å². The van der Waals surface area contributed by atoms with Gasteiger partial charge in [0.15, 0.2) is 0 Å². The van der Waals surface area contributed by atoms with Gasteiger partial charge >= 0.3 is 0 Å². The summed E-state index contributed by atoms with van der Waals surface area (Å²) in [5.74, 6) is 1.27. The van der Waals surface area contributed by atoms with E-state index >= 15 is 0 Å². The minimum absolute atomic E-state index is 0.153. The average Bonchev–Trinajstić information content (AvgIpc) is 2.59. The largest absolute Gasteiger partial charge is 0.272 e. The normalized spacial score (nSPS) is 15.4. The van der Waals surface area contributed by atoms with Crippen molar-refractivity contribution < 1.29 is 0 Å². The van der Waals surface area contributed by atoms with Gasteiger partial charge in [0.05, 0.1) is 5.69 Å². The Balaban J connectivity index is 2.89. The van der Waals surface area contributed by atoms with E-state index in [4.69, 9.17) is 11.6 Å². The van der Waals surface area contributed by atoms with Gasteiger partial charge in [-0.3, -0.25) is 4.68 Å². The molecule has 1 aromatic rings. The van der Waals surface area contributed by atoms with Gasteiger partial charge in [0, 0.05) is 18.6 Å². The molecule has 2 nitrogen and oxygen atoms in total. The zero-order valence-electron chi connectivity index (χ0n) is 11.0. The lowest BCUT2D eigenvalue weighted by Gasteiger charge is -2.31. The van der Waals surface area contributed by atoms with Gasteiger partial charge in [-0.15, -0.1) is 11.6 Å². The summed E-state index contributed by atoms with van der Waals surface area (Å²) in [7, 11) is 2.02. The van der Waals surface area contributed by atoms with Crippen LogP contribution in [0.15, 0.2) is 6.07 Å². The molecule has 0 aliphatic carbocycles. The number of nitrogens with zero attached hydrogens (tertiary/aromatic N) is 2. The summed E-state index contributed by atoms with van der Waals surface area (Å²) in [5.41, 5.74) is 2.60. The van der Waals surface area contributed by atoms with Crippen molar-refractivity contribution >= 4 is 11.6 Å². The van der Waals surface area contributed by atoms with Gasteiger partial charge in [0.25, 0.3) is 0 Å². The van der Waals surface area contributed by atoms with E-state index in [0.29, 0.717) is 11.8 Å². The average molecular weight is 243 g/mol. The van der Waals surface area contributed by atoms with Gasteiger partial charge in [-0.2, -0.15) is 5.10 Å². The van der Waals surface area contributed by atoms with Crippen molar-refractivity contribution in [3.63, 3.8) is 0 Å². The highest BCUT2D eigenvalue weighted by atomic mass is 35.5. The summed E-state index contributed by atoms with van der Waals surface area (Å²) in [6.45, 7) is 8.86. The quantitative estimate of drug-likeness (QED) is 0.724. The van der Waals surface area contributed by atoms with Gasteiger partial charge in [-0.05, 0) is 30.2 Å². The van der Waals surface area contributed by atoms with Crippen molar-refractivity contribution in [3.05, 3.63) is 17.5 Å². The number of aromatic nitrogens is 2. The fourth-order valence-corrected chi connectivity index (χ4v) is 2.13. The van der Waals surface area contributed by atoms with Gasteiger partial charge in [0.1, 0.15) is 0 Å². The van der Waals surface area contributed by atoms with Crippen LogP contribution in [-0.4, -0.2) is 15.7 Å². The minimum Gasteiger partial charge on any atom is -0.272 e. The third-order valence-corrected chi connectivity index (χ3v) is 4.28. The molecule has 0 saturated heterocycles. The van der Waals surface area contributed by atoms with Crippen molar-refractivity contribution in [2.45, 2.75) is 40.5 Å². The Hall–Kier alpha value is -0.500. The number of halogens is 1. The second-order valence-electron chi connectivity index (χ2n) is 5.22. The highest BCUT2D eigenvalue weighted by molar-refractivity contribution is 6.18. The van der Waals surface area contributed by atoms with Crippen molar-refractivity contribution in [2.75, 3.05) is 5.88 Å². The first kappa shape index (κ1) is 13.6. The molecule has 0 spiro atoms. The van der Waals surface area contributed by atoms with Crippen molar-refractivity contribution in [2.24, 2.45) is 18.4 Å². The molecule has 0 bridgehead atoms. The van der Waals surface area contributed by atoms with Crippen molar-refractivity contribution in [3.8, 4) is 0 Å². The van der Waals surface area contributed by atoms with E-state index in [1.165, 1.54) is 5.69 Å². The molecule has 1 heterocycles. The Labute approximate surface area is 104 Å².